The fourth-order valence-electron chi connectivity index (χ4n) is 2.33. The van der Waals surface area contributed by atoms with Crippen molar-refractivity contribution in [3.05, 3.63) is 47.0 Å². The highest BCUT2D eigenvalue weighted by atomic mass is 32.2. The van der Waals surface area contributed by atoms with Crippen molar-refractivity contribution in [1.29, 1.82) is 0 Å². The van der Waals surface area contributed by atoms with Crippen molar-refractivity contribution < 1.29 is 8.94 Å². The van der Waals surface area contributed by atoms with Gasteiger partial charge in [-0.1, -0.05) is 16.9 Å². The van der Waals surface area contributed by atoms with E-state index in [9.17, 15) is 0 Å². The van der Waals surface area contributed by atoms with Gasteiger partial charge in [-0.3, -0.25) is 4.57 Å². The molecule has 0 fully saturated rings. The minimum atomic E-state index is 0.671. The monoisotopic (exact) mass is 358 g/mol. The molecule has 24 heavy (non-hydrogen) atoms. The molecule has 4 aromatic rings. The van der Waals surface area contributed by atoms with E-state index in [2.05, 4.69) is 22.3 Å². The van der Waals surface area contributed by atoms with Crippen molar-refractivity contribution in [3.8, 4) is 22.9 Å². The Kier molecular flexibility index (Phi) is 4.22. The minimum absolute atomic E-state index is 0.671. The van der Waals surface area contributed by atoms with Gasteiger partial charge in [0.05, 0.1) is 12.0 Å². The number of rotatable bonds is 6. The highest BCUT2D eigenvalue weighted by molar-refractivity contribution is 7.98. The smallest absolute Gasteiger partial charge is 0.200 e. The lowest BCUT2D eigenvalue weighted by molar-refractivity contribution is 0.426. The molecule has 0 radical (unpaired) electrons. The van der Waals surface area contributed by atoms with Crippen LogP contribution in [0.15, 0.2) is 55.4 Å². The number of hydrogen-bond donors (Lipinski definition) is 0. The van der Waals surface area contributed by atoms with Crippen LogP contribution < -0.4 is 0 Å². The van der Waals surface area contributed by atoms with Crippen LogP contribution in [0, 0.1) is 0 Å². The molecule has 0 N–H and O–H groups in total. The van der Waals surface area contributed by atoms with Crippen LogP contribution in [0.4, 0.5) is 0 Å². The van der Waals surface area contributed by atoms with Gasteiger partial charge < -0.3 is 8.94 Å². The largest absolute Gasteiger partial charge is 0.461 e. The average molecular weight is 358 g/mol. The zero-order chi connectivity index (χ0) is 16.4. The Bertz CT molecular complexity index is 910. The minimum Gasteiger partial charge on any atom is -0.461 e. The summed E-state index contributed by atoms with van der Waals surface area (Å²) in [5, 5.41) is 17.5. The first kappa shape index (κ1) is 15.2. The second kappa shape index (κ2) is 6.66. The number of aromatic nitrogens is 4. The Morgan fingerprint density at radius 1 is 1.25 bits per heavy atom. The molecular weight excluding hydrogens is 344 g/mol. The van der Waals surface area contributed by atoms with Gasteiger partial charge in [0, 0.05) is 29.3 Å². The molecule has 0 saturated carbocycles. The van der Waals surface area contributed by atoms with E-state index in [1.54, 1.807) is 29.4 Å². The van der Waals surface area contributed by atoms with Crippen LogP contribution in [0.3, 0.4) is 0 Å². The molecule has 4 rings (SSSR count). The Hall–Kier alpha value is -2.32. The van der Waals surface area contributed by atoms with Crippen LogP contribution in [0.2, 0.25) is 0 Å². The van der Waals surface area contributed by atoms with Gasteiger partial charge in [-0.25, -0.2) is 0 Å². The van der Waals surface area contributed by atoms with Crippen molar-refractivity contribution in [2.24, 2.45) is 0 Å². The lowest BCUT2D eigenvalue weighted by Crippen LogP contribution is -1.99. The van der Waals surface area contributed by atoms with Gasteiger partial charge >= 0.3 is 0 Å². The highest BCUT2D eigenvalue weighted by Crippen LogP contribution is 2.28. The molecule has 0 bridgehead atoms. The van der Waals surface area contributed by atoms with Crippen LogP contribution in [0.5, 0.6) is 0 Å². The van der Waals surface area contributed by atoms with Crippen molar-refractivity contribution in [1.82, 2.24) is 19.9 Å². The lowest BCUT2D eigenvalue weighted by atomic mass is 10.2. The number of thioether (sulfide) groups is 1. The molecule has 4 aromatic heterocycles. The second-order valence-corrected chi connectivity index (χ2v) is 6.73. The predicted molar refractivity (Wildman–Crippen MR) is 92.8 cm³/mol. The van der Waals surface area contributed by atoms with Gasteiger partial charge in [0.2, 0.25) is 0 Å². The maximum atomic E-state index is 5.42. The van der Waals surface area contributed by atoms with Gasteiger partial charge in [-0.05, 0) is 30.5 Å². The van der Waals surface area contributed by atoms with Crippen LogP contribution in [-0.2, 0) is 12.3 Å². The van der Waals surface area contributed by atoms with E-state index >= 15 is 0 Å². The summed E-state index contributed by atoms with van der Waals surface area (Å²) in [6, 6.07) is 7.72. The third-order valence-electron chi connectivity index (χ3n) is 3.49. The maximum absolute atomic E-state index is 5.42. The summed E-state index contributed by atoms with van der Waals surface area (Å²) < 4.78 is 12.9. The molecular formula is C16H14N4O2S2. The zero-order valence-corrected chi connectivity index (χ0v) is 14.5. The molecule has 122 valence electrons. The topological polar surface area (TPSA) is 69.9 Å². The van der Waals surface area contributed by atoms with Crippen LogP contribution in [0.25, 0.3) is 22.9 Å². The zero-order valence-electron chi connectivity index (χ0n) is 12.9. The molecule has 0 atom stereocenters. The van der Waals surface area contributed by atoms with Crippen molar-refractivity contribution in [3.63, 3.8) is 0 Å². The summed E-state index contributed by atoms with van der Waals surface area (Å²) in [5.41, 5.74) is 1.94. The van der Waals surface area contributed by atoms with Crippen LogP contribution in [0.1, 0.15) is 12.6 Å². The second-order valence-electron chi connectivity index (χ2n) is 5.01. The van der Waals surface area contributed by atoms with Crippen molar-refractivity contribution in [2.75, 3.05) is 0 Å². The Balaban J connectivity index is 1.50. The molecule has 0 aliphatic heterocycles. The van der Waals surface area contributed by atoms with E-state index in [4.69, 9.17) is 8.94 Å². The van der Waals surface area contributed by atoms with E-state index in [0.717, 1.165) is 40.3 Å². The number of thiophene rings is 1. The lowest BCUT2D eigenvalue weighted by Gasteiger charge is -2.04. The van der Waals surface area contributed by atoms with E-state index < -0.39 is 0 Å². The van der Waals surface area contributed by atoms with Crippen LogP contribution in [-0.4, -0.2) is 19.9 Å². The summed E-state index contributed by atoms with van der Waals surface area (Å²) in [6.45, 7) is 2.83. The van der Waals surface area contributed by atoms with Gasteiger partial charge in [0.15, 0.2) is 22.5 Å². The fraction of sp³-hybridized carbons (Fsp3) is 0.188. The summed E-state index contributed by atoms with van der Waals surface area (Å²) >= 11 is 3.22. The first-order chi connectivity index (χ1) is 11.8. The normalized spacial score (nSPS) is 11.2. The fourth-order valence-corrected chi connectivity index (χ4v) is 3.86. The summed E-state index contributed by atoms with van der Waals surface area (Å²) in [4.78, 5) is 0. The summed E-state index contributed by atoms with van der Waals surface area (Å²) in [5.74, 6) is 2.92. The standard InChI is InChI=1S/C16H14N4O2S2/c1-2-20-15(13-4-3-6-21-13)17-18-16(20)24-10-12-8-14(22-19-12)11-5-7-23-9-11/h3-9H,2,10H2,1H3. The Morgan fingerprint density at radius 2 is 2.21 bits per heavy atom. The molecule has 0 spiro atoms. The molecule has 8 heteroatoms. The van der Waals surface area contributed by atoms with Gasteiger partial charge in [-0.2, -0.15) is 11.3 Å². The van der Waals surface area contributed by atoms with E-state index in [0.29, 0.717) is 5.75 Å². The van der Waals surface area contributed by atoms with Gasteiger partial charge in [0.1, 0.15) is 0 Å². The van der Waals surface area contributed by atoms with Crippen LogP contribution >= 0.6 is 23.1 Å². The summed E-state index contributed by atoms with van der Waals surface area (Å²) in [6.07, 6.45) is 1.64. The molecule has 0 saturated heterocycles. The first-order valence-electron chi connectivity index (χ1n) is 7.43. The maximum Gasteiger partial charge on any atom is 0.200 e. The molecule has 0 aliphatic carbocycles. The molecule has 0 unspecified atom stereocenters. The number of furan rings is 1. The Labute approximate surface area is 146 Å². The molecule has 6 nitrogen and oxygen atoms in total. The SMILES string of the molecule is CCn1c(SCc2cc(-c3ccsc3)on2)nnc1-c1ccco1. The van der Waals surface area contributed by atoms with E-state index in [-0.39, 0.29) is 0 Å². The van der Waals surface area contributed by atoms with Crippen molar-refractivity contribution >= 4 is 23.1 Å². The quantitative estimate of drug-likeness (QED) is 0.470. The summed E-state index contributed by atoms with van der Waals surface area (Å²) in [7, 11) is 0. The third-order valence-corrected chi connectivity index (χ3v) is 5.17. The molecule has 0 aliphatic rings. The van der Waals surface area contributed by atoms with E-state index in [1.807, 2.05) is 39.6 Å². The third kappa shape index (κ3) is 2.90. The average Bonchev–Trinajstić information content (AvgIpc) is 3.40. The highest BCUT2D eigenvalue weighted by Gasteiger charge is 2.16. The molecule has 0 amide bonds. The number of nitrogens with zero attached hydrogens (tertiary/aromatic N) is 4. The molecule has 4 heterocycles. The van der Waals surface area contributed by atoms with E-state index in [1.165, 1.54) is 0 Å². The van der Waals surface area contributed by atoms with Gasteiger partial charge in [-0.15, -0.1) is 10.2 Å². The molecule has 0 aromatic carbocycles. The Morgan fingerprint density at radius 3 is 2.96 bits per heavy atom. The predicted octanol–water partition coefficient (Wildman–Crippen LogP) is 4.57. The van der Waals surface area contributed by atoms with Crippen molar-refractivity contribution in [2.45, 2.75) is 24.4 Å². The first-order valence-corrected chi connectivity index (χ1v) is 9.36. The number of hydrogen-bond acceptors (Lipinski definition) is 7. The van der Waals surface area contributed by atoms with Gasteiger partial charge in [0.25, 0.3) is 0 Å².